The van der Waals surface area contributed by atoms with Gasteiger partial charge in [-0.1, -0.05) is 18.2 Å². The molecule has 1 unspecified atom stereocenters. The summed E-state index contributed by atoms with van der Waals surface area (Å²) in [5.74, 6) is 1.53. The number of benzene rings is 2. The maximum Gasteiger partial charge on any atom is 0.143 e. The number of nitrogens with zero attached hydrogens (tertiary/aromatic N) is 4. The van der Waals surface area contributed by atoms with Gasteiger partial charge in [-0.25, -0.2) is 4.68 Å². The van der Waals surface area contributed by atoms with E-state index in [2.05, 4.69) is 21.2 Å². The fourth-order valence-corrected chi connectivity index (χ4v) is 5.16. The quantitative estimate of drug-likeness (QED) is 0.336. The van der Waals surface area contributed by atoms with Gasteiger partial charge >= 0.3 is 0 Å². The number of carbonyl (C=O) groups is 1. The van der Waals surface area contributed by atoms with E-state index in [1.165, 1.54) is 0 Å². The van der Waals surface area contributed by atoms with Crippen molar-refractivity contribution in [3.05, 3.63) is 77.1 Å². The van der Waals surface area contributed by atoms with Crippen LogP contribution in [0.5, 0.6) is 11.5 Å². The number of methoxy groups -OCH3 is 2. The Morgan fingerprint density at radius 1 is 0.914 bits per heavy atom. The molecule has 1 aliphatic heterocycles. The van der Waals surface area contributed by atoms with Crippen LogP contribution in [-0.4, -0.2) is 61.4 Å². The van der Waals surface area contributed by atoms with Crippen LogP contribution >= 0.6 is 11.3 Å². The molecule has 4 aromatic rings. The normalized spacial score (nSPS) is 15.1. The van der Waals surface area contributed by atoms with Gasteiger partial charge in [-0.3, -0.25) is 4.90 Å². The summed E-state index contributed by atoms with van der Waals surface area (Å²) in [5.41, 5.74) is 4.81. The number of rotatable bonds is 8. The minimum absolute atomic E-state index is 0.392. The SMILES string of the molecule is COc1cc(OC)cc(N2CCN(C(C=O)c3cc(-c4ccsc4)nn3-c3ccccc3)CC2)c1. The highest BCUT2D eigenvalue weighted by molar-refractivity contribution is 7.08. The Bertz CT molecular complexity index is 1240. The van der Waals surface area contributed by atoms with E-state index in [1.807, 2.05) is 64.7 Å². The number of aromatic nitrogens is 2. The summed E-state index contributed by atoms with van der Waals surface area (Å²) in [7, 11) is 3.32. The number of anilines is 1. The minimum atomic E-state index is -0.392. The first-order valence-electron chi connectivity index (χ1n) is 11.6. The number of piperazine rings is 1. The second-order valence-corrected chi connectivity index (χ2v) is 9.17. The lowest BCUT2D eigenvalue weighted by atomic mass is 10.1. The Morgan fingerprint density at radius 3 is 2.23 bits per heavy atom. The summed E-state index contributed by atoms with van der Waals surface area (Å²) >= 11 is 1.64. The van der Waals surface area contributed by atoms with E-state index in [0.29, 0.717) is 0 Å². The summed E-state index contributed by atoms with van der Waals surface area (Å²) in [6.45, 7) is 3.07. The van der Waals surface area contributed by atoms with E-state index < -0.39 is 6.04 Å². The number of para-hydroxylation sites is 1. The van der Waals surface area contributed by atoms with Crippen molar-refractivity contribution in [2.24, 2.45) is 0 Å². The van der Waals surface area contributed by atoms with Gasteiger partial charge in [-0.15, -0.1) is 0 Å². The molecule has 180 valence electrons. The van der Waals surface area contributed by atoms with E-state index in [9.17, 15) is 4.79 Å². The zero-order valence-corrected chi connectivity index (χ0v) is 20.6. The molecule has 8 heteroatoms. The van der Waals surface area contributed by atoms with Crippen molar-refractivity contribution in [3.63, 3.8) is 0 Å². The lowest BCUT2D eigenvalue weighted by molar-refractivity contribution is -0.112. The Labute approximate surface area is 209 Å². The predicted molar refractivity (Wildman–Crippen MR) is 139 cm³/mol. The molecule has 0 amide bonds. The van der Waals surface area contributed by atoms with Crippen molar-refractivity contribution in [3.8, 4) is 28.4 Å². The van der Waals surface area contributed by atoms with Crippen LogP contribution < -0.4 is 14.4 Å². The molecule has 0 saturated carbocycles. The summed E-state index contributed by atoms with van der Waals surface area (Å²) in [4.78, 5) is 17.0. The third kappa shape index (κ3) is 4.80. The summed E-state index contributed by atoms with van der Waals surface area (Å²) in [6.07, 6.45) is 1.04. The van der Waals surface area contributed by atoms with Gasteiger partial charge in [0.2, 0.25) is 0 Å². The molecule has 7 nitrogen and oxygen atoms in total. The van der Waals surface area contributed by atoms with Gasteiger partial charge in [0, 0.05) is 61.0 Å². The molecule has 1 saturated heterocycles. The maximum absolute atomic E-state index is 12.5. The Kier molecular flexibility index (Phi) is 6.83. The molecule has 2 aromatic carbocycles. The zero-order chi connectivity index (χ0) is 24.2. The average molecular weight is 489 g/mol. The molecule has 0 bridgehead atoms. The van der Waals surface area contributed by atoms with E-state index in [-0.39, 0.29) is 0 Å². The maximum atomic E-state index is 12.5. The Hall–Kier alpha value is -3.62. The van der Waals surface area contributed by atoms with E-state index in [4.69, 9.17) is 14.6 Å². The molecule has 0 spiro atoms. The molecule has 0 aliphatic carbocycles. The van der Waals surface area contributed by atoms with Crippen LogP contribution in [0, 0.1) is 0 Å². The lowest BCUT2D eigenvalue weighted by Gasteiger charge is -2.38. The van der Waals surface area contributed by atoms with Crippen LogP contribution in [0.4, 0.5) is 5.69 Å². The van der Waals surface area contributed by atoms with Crippen molar-refractivity contribution in [1.29, 1.82) is 0 Å². The molecular weight excluding hydrogens is 460 g/mol. The number of thiophene rings is 1. The molecule has 0 N–H and O–H groups in total. The number of ether oxygens (including phenoxy) is 2. The van der Waals surface area contributed by atoms with Crippen LogP contribution in [-0.2, 0) is 4.79 Å². The first kappa shape index (κ1) is 23.1. The molecule has 35 heavy (non-hydrogen) atoms. The molecule has 1 aliphatic rings. The standard InChI is InChI=1S/C27H28N4O3S/c1-33-23-14-22(15-24(16-23)34-2)29-9-11-30(12-10-29)27(18-32)26-17-25(20-8-13-35-19-20)28-31(26)21-6-4-3-5-7-21/h3-8,13-19,27H,9-12H2,1-2H3. The van der Waals surface area contributed by atoms with Gasteiger partial charge in [0.05, 0.1) is 31.3 Å². The summed E-state index contributed by atoms with van der Waals surface area (Å²) in [5, 5.41) is 9.01. The van der Waals surface area contributed by atoms with E-state index >= 15 is 0 Å². The van der Waals surface area contributed by atoms with Gasteiger partial charge in [0.25, 0.3) is 0 Å². The van der Waals surface area contributed by atoms with Crippen molar-refractivity contribution in [2.75, 3.05) is 45.3 Å². The zero-order valence-electron chi connectivity index (χ0n) is 19.8. The van der Waals surface area contributed by atoms with Crippen LogP contribution in [0.2, 0.25) is 0 Å². The predicted octanol–water partition coefficient (Wildman–Crippen LogP) is 4.68. The van der Waals surface area contributed by atoms with Crippen LogP contribution in [0.1, 0.15) is 11.7 Å². The Balaban J connectivity index is 1.41. The van der Waals surface area contributed by atoms with Gasteiger partial charge in [-0.05, 0) is 29.6 Å². The Morgan fingerprint density at radius 2 is 1.63 bits per heavy atom. The average Bonchev–Trinajstić information content (AvgIpc) is 3.60. The molecule has 1 fully saturated rings. The topological polar surface area (TPSA) is 59.8 Å². The highest BCUT2D eigenvalue weighted by Gasteiger charge is 2.29. The number of hydrogen-bond donors (Lipinski definition) is 0. The van der Waals surface area contributed by atoms with E-state index in [0.717, 1.165) is 72.3 Å². The second kappa shape index (κ2) is 10.3. The number of hydrogen-bond acceptors (Lipinski definition) is 7. The van der Waals surface area contributed by atoms with Crippen LogP contribution in [0.3, 0.4) is 0 Å². The van der Waals surface area contributed by atoms with Gasteiger partial charge in [0.15, 0.2) is 0 Å². The van der Waals surface area contributed by atoms with Crippen molar-refractivity contribution >= 4 is 23.3 Å². The molecule has 2 aromatic heterocycles. The summed E-state index contributed by atoms with van der Waals surface area (Å²) < 4.78 is 12.8. The van der Waals surface area contributed by atoms with Gasteiger partial charge in [0.1, 0.15) is 23.8 Å². The van der Waals surface area contributed by atoms with Crippen molar-refractivity contribution in [2.45, 2.75) is 6.04 Å². The molecular formula is C27H28N4O3S. The number of carbonyl (C=O) groups excluding carboxylic acids is 1. The molecule has 5 rings (SSSR count). The van der Waals surface area contributed by atoms with Crippen molar-refractivity contribution in [1.82, 2.24) is 14.7 Å². The highest BCUT2D eigenvalue weighted by atomic mass is 32.1. The molecule has 3 heterocycles. The monoisotopic (exact) mass is 488 g/mol. The van der Waals surface area contributed by atoms with Crippen LogP contribution in [0.15, 0.2) is 71.4 Å². The second-order valence-electron chi connectivity index (χ2n) is 8.39. The third-order valence-corrected chi connectivity index (χ3v) is 7.08. The molecule has 0 radical (unpaired) electrons. The first-order chi connectivity index (χ1) is 17.2. The third-order valence-electron chi connectivity index (χ3n) is 6.40. The lowest BCUT2D eigenvalue weighted by Crippen LogP contribution is -2.48. The van der Waals surface area contributed by atoms with E-state index in [1.54, 1.807) is 25.6 Å². The van der Waals surface area contributed by atoms with Gasteiger partial charge in [-0.2, -0.15) is 16.4 Å². The van der Waals surface area contributed by atoms with Crippen molar-refractivity contribution < 1.29 is 14.3 Å². The minimum Gasteiger partial charge on any atom is -0.497 e. The highest BCUT2D eigenvalue weighted by Crippen LogP contribution is 2.32. The smallest absolute Gasteiger partial charge is 0.143 e. The number of aldehydes is 1. The van der Waals surface area contributed by atoms with Gasteiger partial charge < -0.3 is 19.2 Å². The first-order valence-corrected chi connectivity index (χ1v) is 12.5. The summed E-state index contributed by atoms with van der Waals surface area (Å²) in [6, 6.07) is 19.6. The molecule has 1 atom stereocenters. The largest absolute Gasteiger partial charge is 0.497 e. The van der Waals surface area contributed by atoms with Crippen LogP contribution in [0.25, 0.3) is 16.9 Å². The fourth-order valence-electron chi connectivity index (χ4n) is 4.51. The fraction of sp³-hybridized carbons (Fsp3) is 0.259.